The average Bonchev–Trinajstić information content (AvgIpc) is 2.26. The molecule has 1 atom stereocenters. The lowest BCUT2D eigenvalue weighted by atomic mass is 9.97. The molecule has 0 spiro atoms. The fourth-order valence-electron chi connectivity index (χ4n) is 1.88. The summed E-state index contributed by atoms with van der Waals surface area (Å²) in [5.41, 5.74) is 1.32. The minimum atomic E-state index is -2.22. The first-order chi connectivity index (χ1) is 6.52. The molecule has 3 heteroatoms. The molecule has 0 saturated carbocycles. The number of hydrogen-bond donors (Lipinski definition) is 0. The Kier molecular flexibility index (Phi) is 4.05. The maximum absolute atomic E-state index is 12.6. The van der Waals surface area contributed by atoms with Crippen LogP contribution in [0.5, 0.6) is 0 Å². The molecule has 0 unspecified atom stereocenters. The highest BCUT2D eigenvalue weighted by atomic mass is 19.3. The van der Waals surface area contributed by atoms with Gasteiger partial charge in [0, 0.05) is 6.54 Å². The summed E-state index contributed by atoms with van der Waals surface area (Å²) in [5, 5.41) is 0. The van der Waals surface area contributed by atoms with E-state index in [0.717, 1.165) is 6.42 Å². The molecule has 1 nitrogen and oxygen atoms in total. The Morgan fingerprint density at radius 3 is 2.57 bits per heavy atom. The molecule has 0 fully saturated rings. The summed E-state index contributed by atoms with van der Waals surface area (Å²) in [6.07, 6.45) is 1.28. The maximum Gasteiger partial charge on any atom is 0.253 e. The summed E-state index contributed by atoms with van der Waals surface area (Å²) in [5.74, 6) is 0.486. The monoisotopic (exact) mass is 203 g/mol. The van der Waals surface area contributed by atoms with E-state index in [0.29, 0.717) is 18.9 Å². The molecule has 0 N–H and O–H groups in total. The van der Waals surface area contributed by atoms with Gasteiger partial charge in [-0.05, 0) is 25.8 Å². The van der Waals surface area contributed by atoms with E-state index in [9.17, 15) is 8.78 Å². The Bertz CT molecular complexity index is 211. The maximum atomic E-state index is 12.6. The summed E-state index contributed by atoms with van der Waals surface area (Å²) in [6.45, 7) is 4.89. The van der Waals surface area contributed by atoms with Gasteiger partial charge in [-0.25, -0.2) is 8.78 Å². The Hall–Kier alpha value is -0.440. The van der Waals surface area contributed by atoms with Gasteiger partial charge in [0.2, 0.25) is 0 Å². The number of hydrogen-bond acceptors (Lipinski definition) is 1. The minimum absolute atomic E-state index is 0.486. The number of likely N-dealkylation sites (N-methyl/N-ethyl adjacent to an activating group) is 1. The van der Waals surface area contributed by atoms with Crippen molar-refractivity contribution in [2.45, 2.75) is 39.2 Å². The zero-order valence-electron chi connectivity index (χ0n) is 9.13. The molecule has 1 rings (SSSR count). The van der Waals surface area contributed by atoms with Gasteiger partial charge in [-0.2, -0.15) is 0 Å². The topological polar surface area (TPSA) is 3.24 Å². The predicted molar refractivity (Wildman–Crippen MR) is 54.6 cm³/mol. The summed E-state index contributed by atoms with van der Waals surface area (Å²) >= 11 is 0. The molecule has 0 amide bonds. The highest BCUT2D eigenvalue weighted by molar-refractivity contribution is 5.08. The van der Waals surface area contributed by atoms with Crippen molar-refractivity contribution in [3.05, 3.63) is 11.6 Å². The molecular formula is C11H19F2N. The third-order valence-corrected chi connectivity index (χ3v) is 2.97. The van der Waals surface area contributed by atoms with Gasteiger partial charge in [0.05, 0.1) is 6.04 Å². The van der Waals surface area contributed by atoms with Gasteiger partial charge in [-0.15, -0.1) is 0 Å². The van der Waals surface area contributed by atoms with E-state index in [-0.39, 0.29) is 0 Å². The molecule has 1 aliphatic rings. The lowest BCUT2D eigenvalue weighted by Crippen LogP contribution is -2.36. The molecule has 0 aromatic carbocycles. The van der Waals surface area contributed by atoms with Crippen LogP contribution in [0.1, 0.15) is 26.7 Å². The van der Waals surface area contributed by atoms with Crippen molar-refractivity contribution in [3.8, 4) is 0 Å². The molecule has 1 heterocycles. The van der Waals surface area contributed by atoms with Gasteiger partial charge >= 0.3 is 0 Å². The number of halogens is 2. The predicted octanol–water partition coefficient (Wildman–Crippen LogP) is 2.93. The van der Waals surface area contributed by atoms with E-state index in [4.69, 9.17) is 0 Å². The summed E-state index contributed by atoms with van der Waals surface area (Å²) in [6, 6.07) is -0.567. The molecule has 0 radical (unpaired) electrons. The number of allylic oxidation sites excluding steroid dienone is 1. The van der Waals surface area contributed by atoms with E-state index in [2.05, 4.69) is 19.9 Å². The van der Waals surface area contributed by atoms with Gasteiger partial charge in [0.15, 0.2) is 0 Å². The van der Waals surface area contributed by atoms with Crippen LogP contribution in [0.15, 0.2) is 11.6 Å². The third-order valence-electron chi connectivity index (χ3n) is 2.97. The van der Waals surface area contributed by atoms with Crippen LogP contribution in [-0.4, -0.2) is 31.0 Å². The van der Waals surface area contributed by atoms with E-state index < -0.39 is 12.5 Å². The van der Waals surface area contributed by atoms with Crippen molar-refractivity contribution in [1.82, 2.24) is 4.90 Å². The molecular weight excluding hydrogens is 184 g/mol. The lowest BCUT2D eigenvalue weighted by molar-refractivity contribution is 0.0404. The Morgan fingerprint density at radius 1 is 1.43 bits per heavy atom. The highest BCUT2D eigenvalue weighted by Crippen LogP contribution is 2.24. The second-order valence-electron chi connectivity index (χ2n) is 4.31. The second kappa shape index (κ2) is 4.87. The van der Waals surface area contributed by atoms with Gasteiger partial charge in [0.25, 0.3) is 6.43 Å². The molecule has 14 heavy (non-hydrogen) atoms. The summed E-state index contributed by atoms with van der Waals surface area (Å²) < 4.78 is 25.2. The molecule has 82 valence electrons. The van der Waals surface area contributed by atoms with Crippen LogP contribution in [0.4, 0.5) is 8.78 Å². The normalized spacial score (nSPS) is 25.4. The zero-order chi connectivity index (χ0) is 10.7. The quantitative estimate of drug-likeness (QED) is 0.624. The summed E-state index contributed by atoms with van der Waals surface area (Å²) in [7, 11) is 1.77. The van der Waals surface area contributed by atoms with Gasteiger partial charge in [0.1, 0.15) is 0 Å². The van der Waals surface area contributed by atoms with Crippen molar-refractivity contribution >= 4 is 0 Å². The first-order valence-corrected chi connectivity index (χ1v) is 5.19. The second-order valence-corrected chi connectivity index (χ2v) is 4.31. The number of nitrogens with zero attached hydrogens (tertiary/aromatic N) is 1. The smallest absolute Gasteiger partial charge is 0.253 e. The Labute approximate surface area is 84.8 Å². The van der Waals surface area contributed by atoms with Crippen molar-refractivity contribution in [2.75, 3.05) is 13.6 Å². The SMILES string of the molecule is CC(C)C1=CCN(C)[C@H](C(F)F)CC1. The largest absolute Gasteiger partial charge is 0.294 e. The fourth-order valence-corrected chi connectivity index (χ4v) is 1.88. The van der Waals surface area contributed by atoms with Crippen LogP contribution in [0.3, 0.4) is 0 Å². The number of rotatable bonds is 2. The number of alkyl halides is 2. The zero-order valence-corrected chi connectivity index (χ0v) is 9.13. The molecule has 0 aromatic rings. The average molecular weight is 203 g/mol. The van der Waals surface area contributed by atoms with E-state index in [1.54, 1.807) is 11.9 Å². The van der Waals surface area contributed by atoms with Crippen molar-refractivity contribution < 1.29 is 8.78 Å². The molecule has 0 bridgehead atoms. The van der Waals surface area contributed by atoms with E-state index in [1.165, 1.54) is 5.57 Å². The Morgan fingerprint density at radius 2 is 2.07 bits per heavy atom. The van der Waals surface area contributed by atoms with Crippen LogP contribution in [0.2, 0.25) is 0 Å². The molecule has 0 aliphatic carbocycles. The third kappa shape index (κ3) is 2.77. The van der Waals surface area contributed by atoms with E-state index in [1.807, 2.05) is 0 Å². The lowest BCUT2D eigenvalue weighted by Gasteiger charge is -2.24. The van der Waals surface area contributed by atoms with Crippen LogP contribution in [-0.2, 0) is 0 Å². The van der Waals surface area contributed by atoms with Crippen LogP contribution >= 0.6 is 0 Å². The fraction of sp³-hybridized carbons (Fsp3) is 0.818. The minimum Gasteiger partial charge on any atom is -0.294 e. The first kappa shape index (κ1) is 11.6. The van der Waals surface area contributed by atoms with Gasteiger partial charge in [-0.3, -0.25) is 4.90 Å². The van der Waals surface area contributed by atoms with Gasteiger partial charge < -0.3 is 0 Å². The van der Waals surface area contributed by atoms with Crippen molar-refractivity contribution in [3.63, 3.8) is 0 Å². The van der Waals surface area contributed by atoms with Gasteiger partial charge in [-0.1, -0.05) is 25.5 Å². The summed E-state index contributed by atoms with van der Waals surface area (Å²) in [4.78, 5) is 1.75. The van der Waals surface area contributed by atoms with Crippen molar-refractivity contribution in [2.24, 2.45) is 5.92 Å². The van der Waals surface area contributed by atoms with Crippen molar-refractivity contribution in [1.29, 1.82) is 0 Å². The molecule has 1 aliphatic heterocycles. The highest BCUT2D eigenvalue weighted by Gasteiger charge is 2.26. The Balaban J connectivity index is 2.63. The standard InChI is InChI=1S/C11H19F2N/c1-8(2)9-4-5-10(11(12)13)14(3)7-6-9/h6,8,10-11H,4-5,7H2,1-3H3/t10-/m0/s1. The van der Waals surface area contributed by atoms with Crippen LogP contribution < -0.4 is 0 Å². The molecule has 0 saturated heterocycles. The molecule has 0 aromatic heterocycles. The van der Waals surface area contributed by atoms with Crippen LogP contribution in [0, 0.1) is 5.92 Å². The van der Waals surface area contributed by atoms with Crippen LogP contribution in [0.25, 0.3) is 0 Å². The van der Waals surface area contributed by atoms with E-state index >= 15 is 0 Å². The first-order valence-electron chi connectivity index (χ1n) is 5.19.